The molecule has 120 valence electrons. The van der Waals surface area contributed by atoms with E-state index in [4.69, 9.17) is 15.9 Å². The minimum Gasteiger partial charge on any atom is -0.491 e. The predicted octanol–water partition coefficient (Wildman–Crippen LogP) is 3.24. The summed E-state index contributed by atoms with van der Waals surface area (Å²) in [5, 5.41) is 2.55. The second-order valence-corrected chi connectivity index (χ2v) is 5.76. The number of hydrogen-bond acceptors (Lipinski definition) is 3. The van der Waals surface area contributed by atoms with E-state index in [0.29, 0.717) is 0 Å². The Morgan fingerprint density at radius 1 is 1.36 bits per heavy atom. The topological polar surface area (TPSA) is 47.6 Å². The largest absolute Gasteiger partial charge is 0.491 e. The summed E-state index contributed by atoms with van der Waals surface area (Å²) in [5.41, 5.74) is -1.05. The zero-order chi connectivity index (χ0) is 16.9. The Kier molecular flexibility index (Phi) is 5.75. The van der Waals surface area contributed by atoms with Gasteiger partial charge < -0.3 is 14.8 Å². The van der Waals surface area contributed by atoms with Gasteiger partial charge in [-0.05, 0) is 27.7 Å². The van der Waals surface area contributed by atoms with Crippen LogP contribution in [0.1, 0.15) is 33.3 Å². The highest BCUT2D eigenvalue weighted by molar-refractivity contribution is 5.68. The Morgan fingerprint density at radius 2 is 1.91 bits per heavy atom. The summed E-state index contributed by atoms with van der Waals surface area (Å²) in [4.78, 5) is 11.5. The van der Waals surface area contributed by atoms with Gasteiger partial charge in [-0.15, -0.1) is 6.42 Å². The number of nitrogens with one attached hydrogen (secondary N) is 1. The van der Waals surface area contributed by atoms with E-state index in [1.165, 1.54) is 0 Å². The van der Waals surface area contributed by atoms with E-state index in [0.717, 1.165) is 12.1 Å². The number of hydrogen-bond donors (Lipinski definition) is 1. The van der Waals surface area contributed by atoms with Crippen LogP contribution in [0.3, 0.4) is 0 Å². The van der Waals surface area contributed by atoms with Gasteiger partial charge in [-0.1, -0.05) is 5.92 Å². The van der Waals surface area contributed by atoms with Gasteiger partial charge in [0.2, 0.25) is 0 Å². The molecule has 0 aliphatic rings. The van der Waals surface area contributed by atoms with Gasteiger partial charge in [0, 0.05) is 12.1 Å². The number of alkyl carbamates (subject to hydrolysis) is 1. The van der Waals surface area contributed by atoms with Crippen LogP contribution in [-0.4, -0.2) is 24.3 Å². The molecule has 0 heterocycles. The Hall–Kier alpha value is -2.29. The Labute approximate surface area is 128 Å². The van der Waals surface area contributed by atoms with Crippen molar-refractivity contribution < 1.29 is 23.0 Å². The van der Waals surface area contributed by atoms with E-state index in [1.54, 1.807) is 27.7 Å². The quantitative estimate of drug-likeness (QED) is 0.868. The second kappa shape index (κ2) is 7.12. The lowest BCUT2D eigenvalue weighted by atomic mass is 10.2. The Morgan fingerprint density at radius 3 is 2.36 bits per heavy atom. The molecular weight excluding hydrogens is 292 g/mol. The Bertz CT molecular complexity index is 565. The third kappa shape index (κ3) is 5.60. The summed E-state index contributed by atoms with van der Waals surface area (Å²) in [6.07, 6.45) is 4.40. The van der Waals surface area contributed by atoms with Crippen molar-refractivity contribution >= 4 is 6.09 Å². The molecule has 0 saturated heterocycles. The van der Waals surface area contributed by atoms with E-state index in [1.807, 2.05) is 5.92 Å². The van der Waals surface area contributed by atoms with Crippen molar-refractivity contribution in [2.45, 2.75) is 39.3 Å². The SMILES string of the molecule is C#Cc1c(F)cc(OC[C@H](C)NC(=O)OC(C)(C)C)cc1F. The molecule has 0 spiro atoms. The van der Waals surface area contributed by atoms with Crippen molar-refractivity contribution in [2.75, 3.05) is 6.61 Å². The van der Waals surface area contributed by atoms with E-state index < -0.39 is 34.9 Å². The second-order valence-electron chi connectivity index (χ2n) is 5.76. The molecule has 0 unspecified atom stereocenters. The van der Waals surface area contributed by atoms with Crippen LogP contribution in [0, 0.1) is 24.0 Å². The maximum absolute atomic E-state index is 13.5. The van der Waals surface area contributed by atoms with Gasteiger partial charge in [-0.3, -0.25) is 0 Å². The predicted molar refractivity (Wildman–Crippen MR) is 78.6 cm³/mol. The molecule has 0 aliphatic carbocycles. The summed E-state index contributed by atoms with van der Waals surface area (Å²) in [7, 11) is 0. The van der Waals surface area contributed by atoms with Crippen LogP contribution in [0.25, 0.3) is 0 Å². The lowest BCUT2D eigenvalue weighted by Crippen LogP contribution is -2.40. The van der Waals surface area contributed by atoms with Gasteiger partial charge in [0.25, 0.3) is 0 Å². The van der Waals surface area contributed by atoms with E-state index in [-0.39, 0.29) is 12.4 Å². The first-order valence-electron chi connectivity index (χ1n) is 6.70. The highest BCUT2D eigenvalue weighted by Crippen LogP contribution is 2.20. The number of benzene rings is 1. The van der Waals surface area contributed by atoms with Crippen molar-refractivity contribution in [3.8, 4) is 18.1 Å². The van der Waals surface area contributed by atoms with Gasteiger partial charge in [0.1, 0.15) is 29.6 Å². The van der Waals surface area contributed by atoms with Crippen LogP contribution in [0.5, 0.6) is 5.75 Å². The van der Waals surface area contributed by atoms with Crippen LogP contribution in [0.15, 0.2) is 12.1 Å². The third-order valence-electron chi connectivity index (χ3n) is 2.42. The van der Waals surface area contributed by atoms with Crippen molar-refractivity contribution in [3.05, 3.63) is 29.3 Å². The number of carbonyl (C=O) groups is 1. The molecule has 1 rings (SSSR count). The van der Waals surface area contributed by atoms with Gasteiger partial charge >= 0.3 is 6.09 Å². The van der Waals surface area contributed by atoms with Gasteiger partial charge in [-0.2, -0.15) is 0 Å². The summed E-state index contributed by atoms with van der Waals surface area (Å²) in [5.74, 6) is 0.176. The molecule has 22 heavy (non-hydrogen) atoms. The highest BCUT2D eigenvalue weighted by atomic mass is 19.1. The molecule has 4 nitrogen and oxygen atoms in total. The first-order valence-corrected chi connectivity index (χ1v) is 6.70. The van der Waals surface area contributed by atoms with Crippen LogP contribution in [0.2, 0.25) is 0 Å². The molecule has 0 radical (unpaired) electrons. The van der Waals surface area contributed by atoms with E-state index >= 15 is 0 Å². The number of halogens is 2. The summed E-state index contributed by atoms with van der Waals surface area (Å²) in [6.45, 7) is 6.92. The molecule has 0 aromatic heterocycles. The molecule has 1 aromatic rings. The molecule has 1 N–H and O–H groups in total. The van der Waals surface area contributed by atoms with Crippen LogP contribution in [0.4, 0.5) is 13.6 Å². The number of ether oxygens (including phenoxy) is 2. The fourth-order valence-corrected chi connectivity index (χ4v) is 1.54. The van der Waals surface area contributed by atoms with Crippen LogP contribution >= 0.6 is 0 Å². The number of carbonyl (C=O) groups excluding carboxylic acids is 1. The molecule has 1 aromatic carbocycles. The molecule has 0 bridgehead atoms. The number of amides is 1. The average Bonchev–Trinajstić information content (AvgIpc) is 2.33. The van der Waals surface area contributed by atoms with Crippen molar-refractivity contribution in [2.24, 2.45) is 0 Å². The smallest absolute Gasteiger partial charge is 0.407 e. The highest BCUT2D eigenvalue weighted by Gasteiger charge is 2.18. The minimum atomic E-state index is -0.870. The van der Waals surface area contributed by atoms with Crippen molar-refractivity contribution in [1.82, 2.24) is 5.32 Å². The Balaban J connectivity index is 2.56. The zero-order valence-electron chi connectivity index (χ0n) is 13.0. The average molecular weight is 311 g/mol. The minimum absolute atomic E-state index is 0.00756. The van der Waals surface area contributed by atoms with Crippen LogP contribution in [-0.2, 0) is 4.74 Å². The fourth-order valence-electron chi connectivity index (χ4n) is 1.54. The lowest BCUT2D eigenvalue weighted by molar-refractivity contribution is 0.0494. The normalized spacial score (nSPS) is 12.2. The van der Waals surface area contributed by atoms with Crippen molar-refractivity contribution in [1.29, 1.82) is 0 Å². The molecule has 6 heteroatoms. The summed E-state index contributed by atoms with van der Waals surface area (Å²) in [6, 6.07) is 1.59. The molecule has 1 amide bonds. The first-order chi connectivity index (χ1) is 10.1. The number of terminal acetylenes is 1. The molecule has 1 atom stereocenters. The standard InChI is InChI=1S/C16H19F2NO3/c1-6-12-13(17)7-11(8-14(12)18)21-9-10(2)19-15(20)22-16(3,4)5/h1,7-8,10H,9H2,2-5H3,(H,19,20)/t10-/m0/s1. The molecule has 0 saturated carbocycles. The monoisotopic (exact) mass is 311 g/mol. The molecule has 0 fully saturated rings. The zero-order valence-corrected chi connectivity index (χ0v) is 13.0. The van der Waals surface area contributed by atoms with Crippen molar-refractivity contribution in [3.63, 3.8) is 0 Å². The van der Waals surface area contributed by atoms with Crippen LogP contribution < -0.4 is 10.1 Å². The van der Waals surface area contributed by atoms with Gasteiger partial charge in [-0.25, -0.2) is 13.6 Å². The maximum Gasteiger partial charge on any atom is 0.407 e. The number of rotatable bonds is 4. The summed E-state index contributed by atoms with van der Waals surface area (Å²) < 4.78 is 37.3. The third-order valence-corrected chi connectivity index (χ3v) is 2.42. The molecular formula is C16H19F2NO3. The van der Waals surface area contributed by atoms with Gasteiger partial charge in [0.15, 0.2) is 0 Å². The summed E-state index contributed by atoms with van der Waals surface area (Å²) >= 11 is 0. The fraction of sp³-hybridized carbons (Fsp3) is 0.438. The van der Waals surface area contributed by atoms with Gasteiger partial charge in [0.05, 0.1) is 11.6 Å². The lowest BCUT2D eigenvalue weighted by Gasteiger charge is -2.22. The first kappa shape index (κ1) is 17.8. The van der Waals surface area contributed by atoms with E-state index in [2.05, 4.69) is 5.32 Å². The molecule has 0 aliphatic heterocycles. The van der Waals surface area contributed by atoms with E-state index in [9.17, 15) is 13.6 Å². The maximum atomic E-state index is 13.5.